The van der Waals surface area contributed by atoms with Gasteiger partial charge in [0.1, 0.15) is 6.54 Å². The van der Waals surface area contributed by atoms with Crippen molar-refractivity contribution < 1.29 is 19.2 Å². The van der Waals surface area contributed by atoms with Crippen LogP contribution in [-0.2, 0) is 14.4 Å². The van der Waals surface area contributed by atoms with Crippen molar-refractivity contribution >= 4 is 41.2 Å². The highest BCUT2D eigenvalue weighted by molar-refractivity contribution is 8.00. The lowest BCUT2D eigenvalue weighted by molar-refractivity contribution is -0.143. The highest BCUT2D eigenvalue weighted by Gasteiger charge is 2.45. The Hall–Kier alpha value is -2.35. The summed E-state index contributed by atoms with van der Waals surface area (Å²) in [6.07, 6.45) is 1.36. The molecule has 5 amide bonds. The number of fused-ring (bicyclic) bond motifs is 1. The Labute approximate surface area is 156 Å². The Morgan fingerprint density at radius 2 is 1.85 bits per heavy atom. The van der Waals surface area contributed by atoms with Crippen molar-refractivity contribution in [3.63, 3.8) is 0 Å². The largest absolute Gasteiger partial charge is 0.334 e. The second-order valence-corrected chi connectivity index (χ2v) is 7.84. The van der Waals surface area contributed by atoms with Gasteiger partial charge in [0.25, 0.3) is 0 Å². The van der Waals surface area contributed by atoms with E-state index in [1.54, 1.807) is 16.7 Å². The molecular formula is C18H21N3O4S. The molecule has 0 radical (unpaired) electrons. The number of amides is 5. The molecule has 1 atom stereocenters. The minimum Gasteiger partial charge on any atom is -0.310 e. The summed E-state index contributed by atoms with van der Waals surface area (Å²) in [6.45, 7) is 4.18. The molecule has 2 aliphatic heterocycles. The molecular weight excluding hydrogens is 354 g/mol. The molecule has 2 aliphatic rings. The molecule has 26 heavy (non-hydrogen) atoms. The molecule has 0 spiro atoms. The first-order valence-corrected chi connectivity index (χ1v) is 9.55. The van der Waals surface area contributed by atoms with Gasteiger partial charge in [-0.05, 0) is 25.0 Å². The standard InChI is InChI=1S/C18H21N3O4S/c1-3-9-20-16(23)17(24)21(18(20)25)11-15(22)19-10-8-12(2)26-14-7-5-4-6-13(14)19/h4-7,12H,3,8-11H2,1-2H3. The van der Waals surface area contributed by atoms with Crippen LogP contribution in [0.5, 0.6) is 0 Å². The van der Waals surface area contributed by atoms with E-state index in [4.69, 9.17) is 0 Å². The fourth-order valence-electron chi connectivity index (χ4n) is 3.08. The maximum absolute atomic E-state index is 12.9. The number of hydrogen-bond donors (Lipinski definition) is 0. The lowest BCUT2D eigenvalue weighted by Gasteiger charge is -2.24. The van der Waals surface area contributed by atoms with Crippen LogP contribution in [0.2, 0.25) is 0 Å². The average Bonchev–Trinajstić information content (AvgIpc) is 2.77. The Balaban J connectivity index is 1.81. The number of rotatable bonds is 4. The van der Waals surface area contributed by atoms with Crippen LogP contribution >= 0.6 is 11.8 Å². The number of benzene rings is 1. The molecule has 1 fully saturated rings. The van der Waals surface area contributed by atoms with Crippen LogP contribution in [0.4, 0.5) is 10.5 Å². The van der Waals surface area contributed by atoms with Crippen LogP contribution in [0.3, 0.4) is 0 Å². The third kappa shape index (κ3) is 3.33. The maximum atomic E-state index is 12.9. The SMILES string of the molecule is CCCN1C(=O)C(=O)N(CC(=O)N2CCC(C)Sc3ccccc32)C1=O. The molecule has 2 heterocycles. The summed E-state index contributed by atoms with van der Waals surface area (Å²) in [6, 6.07) is 6.89. The number of imide groups is 2. The summed E-state index contributed by atoms with van der Waals surface area (Å²) in [5.41, 5.74) is 0.780. The van der Waals surface area contributed by atoms with Gasteiger partial charge < -0.3 is 4.90 Å². The number of thioether (sulfide) groups is 1. The zero-order chi connectivity index (χ0) is 18.8. The molecule has 0 aromatic heterocycles. The Bertz CT molecular complexity index is 767. The van der Waals surface area contributed by atoms with Crippen molar-refractivity contribution in [3.8, 4) is 0 Å². The fourth-order valence-corrected chi connectivity index (χ4v) is 4.19. The van der Waals surface area contributed by atoms with E-state index in [9.17, 15) is 19.2 Å². The van der Waals surface area contributed by atoms with Gasteiger partial charge in [-0.15, -0.1) is 11.8 Å². The minimum absolute atomic E-state index is 0.175. The van der Waals surface area contributed by atoms with E-state index in [1.807, 2.05) is 31.2 Å². The quantitative estimate of drug-likeness (QED) is 0.595. The number of anilines is 1. The predicted molar refractivity (Wildman–Crippen MR) is 97.8 cm³/mol. The number of hydrogen-bond acceptors (Lipinski definition) is 5. The second kappa shape index (κ2) is 7.49. The van der Waals surface area contributed by atoms with Gasteiger partial charge in [0.2, 0.25) is 5.91 Å². The van der Waals surface area contributed by atoms with E-state index in [0.717, 1.165) is 26.8 Å². The molecule has 1 aromatic carbocycles. The van der Waals surface area contributed by atoms with Crippen LogP contribution in [0.25, 0.3) is 0 Å². The first-order chi connectivity index (χ1) is 12.4. The Morgan fingerprint density at radius 1 is 1.15 bits per heavy atom. The van der Waals surface area contributed by atoms with E-state index in [1.165, 1.54) is 0 Å². The van der Waals surface area contributed by atoms with Crippen molar-refractivity contribution in [2.24, 2.45) is 0 Å². The molecule has 8 heteroatoms. The number of carbonyl (C=O) groups is 4. The van der Waals surface area contributed by atoms with E-state index in [0.29, 0.717) is 18.2 Å². The van der Waals surface area contributed by atoms with E-state index >= 15 is 0 Å². The Kier molecular flexibility index (Phi) is 5.31. The van der Waals surface area contributed by atoms with E-state index < -0.39 is 24.4 Å². The van der Waals surface area contributed by atoms with Gasteiger partial charge >= 0.3 is 17.8 Å². The van der Waals surface area contributed by atoms with Gasteiger partial charge in [0.15, 0.2) is 0 Å². The zero-order valence-electron chi connectivity index (χ0n) is 14.8. The van der Waals surface area contributed by atoms with Crippen LogP contribution in [-0.4, -0.2) is 58.4 Å². The number of para-hydroxylation sites is 1. The highest BCUT2D eigenvalue weighted by atomic mass is 32.2. The molecule has 7 nitrogen and oxygen atoms in total. The van der Waals surface area contributed by atoms with Crippen molar-refractivity contribution in [3.05, 3.63) is 24.3 Å². The minimum atomic E-state index is -0.928. The van der Waals surface area contributed by atoms with Gasteiger partial charge in [-0.3, -0.25) is 19.3 Å². The molecule has 0 N–H and O–H groups in total. The number of carbonyl (C=O) groups excluding carboxylic acids is 4. The van der Waals surface area contributed by atoms with E-state index in [2.05, 4.69) is 6.92 Å². The van der Waals surface area contributed by atoms with E-state index in [-0.39, 0.29) is 12.5 Å². The van der Waals surface area contributed by atoms with Gasteiger partial charge in [-0.2, -0.15) is 0 Å². The fraction of sp³-hybridized carbons (Fsp3) is 0.444. The first-order valence-electron chi connectivity index (χ1n) is 8.67. The topological polar surface area (TPSA) is 78.0 Å². The summed E-state index contributed by atoms with van der Waals surface area (Å²) in [7, 11) is 0. The second-order valence-electron chi connectivity index (χ2n) is 6.36. The molecule has 0 saturated carbocycles. The van der Waals surface area contributed by atoms with Crippen LogP contribution < -0.4 is 4.90 Å². The van der Waals surface area contributed by atoms with Gasteiger partial charge in [-0.1, -0.05) is 26.0 Å². The molecule has 1 unspecified atom stereocenters. The summed E-state index contributed by atoms with van der Waals surface area (Å²) in [4.78, 5) is 53.6. The summed E-state index contributed by atoms with van der Waals surface area (Å²) < 4.78 is 0. The van der Waals surface area contributed by atoms with Gasteiger partial charge in [-0.25, -0.2) is 9.69 Å². The van der Waals surface area contributed by atoms with Crippen LogP contribution in [0.1, 0.15) is 26.7 Å². The first kappa shape index (κ1) is 18.4. The summed E-state index contributed by atoms with van der Waals surface area (Å²) in [5, 5.41) is 0.352. The average molecular weight is 375 g/mol. The highest BCUT2D eigenvalue weighted by Crippen LogP contribution is 2.37. The molecule has 3 rings (SSSR count). The lowest BCUT2D eigenvalue weighted by Crippen LogP contribution is -2.44. The monoisotopic (exact) mass is 375 g/mol. The normalized spacial score (nSPS) is 20.5. The molecule has 0 aliphatic carbocycles. The zero-order valence-corrected chi connectivity index (χ0v) is 15.6. The van der Waals surface area contributed by atoms with Crippen molar-refractivity contribution in [1.82, 2.24) is 9.80 Å². The summed E-state index contributed by atoms with van der Waals surface area (Å²) in [5.74, 6) is -2.15. The van der Waals surface area contributed by atoms with Crippen molar-refractivity contribution in [2.75, 3.05) is 24.5 Å². The van der Waals surface area contributed by atoms with Crippen molar-refractivity contribution in [1.29, 1.82) is 0 Å². The van der Waals surface area contributed by atoms with Gasteiger partial charge in [0.05, 0.1) is 5.69 Å². The summed E-state index contributed by atoms with van der Waals surface area (Å²) >= 11 is 1.70. The number of urea groups is 1. The van der Waals surface area contributed by atoms with Crippen LogP contribution in [0, 0.1) is 0 Å². The third-order valence-electron chi connectivity index (χ3n) is 4.42. The smallest absolute Gasteiger partial charge is 0.310 e. The molecule has 0 bridgehead atoms. The van der Waals surface area contributed by atoms with Crippen molar-refractivity contribution in [2.45, 2.75) is 36.8 Å². The molecule has 1 aromatic rings. The van der Waals surface area contributed by atoms with Gasteiger partial charge in [0, 0.05) is 23.2 Å². The lowest BCUT2D eigenvalue weighted by atomic mass is 10.2. The predicted octanol–water partition coefficient (Wildman–Crippen LogP) is 2.10. The maximum Gasteiger partial charge on any atom is 0.334 e. The molecule has 138 valence electrons. The van der Waals surface area contributed by atoms with Crippen LogP contribution in [0.15, 0.2) is 29.2 Å². The Morgan fingerprint density at radius 3 is 2.58 bits per heavy atom. The number of nitrogens with zero attached hydrogens (tertiary/aromatic N) is 3. The molecule has 1 saturated heterocycles. The third-order valence-corrected chi connectivity index (χ3v) is 5.66.